The lowest BCUT2D eigenvalue weighted by atomic mass is 10.0. The maximum absolute atomic E-state index is 12.6. The predicted octanol–water partition coefficient (Wildman–Crippen LogP) is 2.89. The molecule has 0 spiro atoms. The quantitative estimate of drug-likeness (QED) is 0.748. The average Bonchev–Trinajstić information content (AvgIpc) is 2.48. The zero-order chi connectivity index (χ0) is 14.1. The van der Waals surface area contributed by atoms with Gasteiger partial charge in [0.1, 0.15) is 5.69 Å². The zero-order valence-electron chi connectivity index (χ0n) is 10.5. The van der Waals surface area contributed by atoms with Crippen LogP contribution in [0, 0.1) is 0 Å². The van der Waals surface area contributed by atoms with Crippen LogP contribution < -0.4 is 5.43 Å². The lowest BCUT2D eigenvalue weighted by Crippen LogP contribution is -2.15. The van der Waals surface area contributed by atoms with Crippen LogP contribution in [0.1, 0.15) is 10.5 Å². The number of H-pyrrole nitrogens is 1. The van der Waals surface area contributed by atoms with Gasteiger partial charge in [-0.3, -0.25) is 4.79 Å². The van der Waals surface area contributed by atoms with Crippen molar-refractivity contribution in [2.45, 2.75) is 0 Å². The Labute approximate surface area is 114 Å². The molecule has 2 N–H and O–H groups in total. The molecule has 0 aliphatic rings. The number of carboxylic acid groups (broad SMARTS) is 1. The third-order valence-corrected chi connectivity index (χ3v) is 3.18. The number of carboxylic acids is 1. The third kappa shape index (κ3) is 1.87. The van der Waals surface area contributed by atoms with Crippen LogP contribution >= 0.6 is 0 Å². The van der Waals surface area contributed by atoms with Crippen molar-refractivity contribution >= 4 is 16.9 Å². The van der Waals surface area contributed by atoms with E-state index in [1.54, 1.807) is 48.5 Å². The van der Waals surface area contributed by atoms with Crippen molar-refractivity contribution in [3.8, 4) is 11.1 Å². The molecule has 3 rings (SSSR count). The van der Waals surface area contributed by atoms with Gasteiger partial charge in [0, 0.05) is 10.9 Å². The van der Waals surface area contributed by atoms with E-state index in [9.17, 15) is 14.7 Å². The highest BCUT2D eigenvalue weighted by Crippen LogP contribution is 2.21. The number of rotatable bonds is 2. The number of hydrogen-bond acceptors (Lipinski definition) is 2. The number of hydrogen-bond donors (Lipinski definition) is 2. The topological polar surface area (TPSA) is 70.2 Å². The normalized spacial score (nSPS) is 10.6. The summed E-state index contributed by atoms with van der Waals surface area (Å²) in [7, 11) is 0. The molecular weight excluding hydrogens is 254 g/mol. The molecule has 0 radical (unpaired) electrons. The van der Waals surface area contributed by atoms with Gasteiger partial charge in [0.25, 0.3) is 0 Å². The fourth-order valence-electron chi connectivity index (χ4n) is 2.28. The summed E-state index contributed by atoms with van der Waals surface area (Å²) < 4.78 is 0. The molecule has 0 fully saturated rings. The number of aromatic nitrogens is 1. The van der Waals surface area contributed by atoms with E-state index in [1.807, 2.05) is 6.07 Å². The second kappa shape index (κ2) is 4.66. The monoisotopic (exact) mass is 265 g/mol. The fraction of sp³-hybridized carbons (Fsp3) is 0. The molecule has 0 saturated carbocycles. The van der Waals surface area contributed by atoms with Gasteiger partial charge in [-0.25, -0.2) is 4.79 Å². The van der Waals surface area contributed by atoms with Gasteiger partial charge >= 0.3 is 5.97 Å². The van der Waals surface area contributed by atoms with E-state index in [0.29, 0.717) is 16.5 Å². The van der Waals surface area contributed by atoms with Crippen molar-refractivity contribution in [2.24, 2.45) is 0 Å². The maximum atomic E-state index is 12.6. The molecule has 1 heterocycles. The summed E-state index contributed by atoms with van der Waals surface area (Å²) in [5, 5.41) is 9.82. The molecule has 4 heteroatoms. The molecule has 0 amide bonds. The van der Waals surface area contributed by atoms with Gasteiger partial charge < -0.3 is 10.1 Å². The first-order chi connectivity index (χ1) is 9.68. The van der Waals surface area contributed by atoms with Crippen molar-refractivity contribution in [3.05, 3.63) is 70.5 Å². The lowest BCUT2D eigenvalue weighted by molar-refractivity contribution is 0.0692. The van der Waals surface area contributed by atoms with Crippen molar-refractivity contribution in [1.82, 2.24) is 4.98 Å². The second-order valence-electron chi connectivity index (χ2n) is 4.42. The number of pyridine rings is 1. The Kier molecular flexibility index (Phi) is 2.84. The van der Waals surface area contributed by atoms with Crippen LogP contribution in [-0.2, 0) is 0 Å². The number of nitrogens with one attached hydrogen (secondary N) is 1. The molecule has 0 aliphatic carbocycles. The first-order valence-electron chi connectivity index (χ1n) is 6.12. The molecule has 2 aromatic carbocycles. The highest BCUT2D eigenvalue weighted by atomic mass is 16.4. The number of carbonyl (C=O) groups is 1. The third-order valence-electron chi connectivity index (χ3n) is 3.18. The van der Waals surface area contributed by atoms with Crippen LogP contribution in [0.5, 0.6) is 0 Å². The van der Waals surface area contributed by atoms with Crippen LogP contribution in [-0.4, -0.2) is 16.1 Å². The van der Waals surface area contributed by atoms with E-state index in [1.165, 1.54) is 0 Å². The van der Waals surface area contributed by atoms with Crippen LogP contribution in [0.15, 0.2) is 59.4 Å². The first kappa shape index (κ1) is 12.2. The van der Waals surface area contributed by atoms with Gasteiger partial charge in [-0.2, -0.15) is 0 Å². The van der Waals surface area contributed by atoms with Crippen molar-refractivity contribution in [2.75, 3.05) is 0 Å². The molecule has 0 unspecified atom stereocenters. The summed E-state index contributed by atoms with van der Waals surface area (Å²) in [5.74, 6) is -1.15. The zero-order valence-corrected chi connectivity index (χ0v) is 10.5. The summed E-state index contributed by atoms with van der Waals surface area (Å²) in [5.41, 5.74) is 0.950. The Bertz CT molecular complexity index is 850. The maximum Gasteiger partial charge on any atom is 0.353 e. The van der Waals surface area contributed by atoms with Gasteiger partial charge in [0.2, 0.25) is 0 Å². The SMILES string of the molecule is O=C(O)c1[nH]c2ccccc2c(=O)c1-c1ccccc1. The number of aromatic carboxylic acids is 1. The Hall–Kier alpha value is -2.88. The van der Waals surface area contributed by atoms with E-state index in [4.69, 9.17) is 0 Å². The first-order valence-corrected chi connectivity index (χ1v) is 6.12. The molecule has 98 valence electrons. The highest BCUT2D eigenvalue weighted by molar-refractivity contribution is 5.98. The second-order valence-corrected chi connectivity index (χ2v) is 4.42. The lowest BCUT2D eigenvalue weighted by Gasteiger charge is -2.08. The molecule has 1 aromatic heterocycles. The van der Waals surface area contributed by atoms with E-state index in [-0.39, 0.29) is 16.7 Å². The largest absolute Gasteiger partial charge is 0.477 e. The Morgan fingerprint density at radius 1 is 0.950 bits per heavy atom. The smallest absolute Gasteiger partial charge is 0.353 e. The fourth-order valence-corrected chi connectivity index (χ4v) is 2.28. The standard InChI is InChI=1S/C16H11NO3/c18-15-11-8-4-5-9-12(11)17-14(16(19)20)13(15)10-6-2-1-3-7-10/h1-9H,(H,17,18)(H,19,20). The van der Waals surface area contributed by atoms with E-state index in [2.05, 4.69) is 4.98 Å². The van der Waals surface area contributed by atoms with E-state index >= 15 is 0 Å². The minimum absolute atomic E-state index is 0.0834. The van der Waals surface area contributed by atoms with Gasteiger partial charge in [-0.05, 0) is 17.7 Å². The number of benzene rings is 2. The Morgan fingerprint density at radius 2 is 1.60 bits per heavy atom. The Morgan fingerprint density at radius 3 is 2.30 bits per heavy atom. The van der Waals surface area contributed by atoms with E-state index < -0.39 is 5.97 Å². The van der Waals surface area contributed by atoms with Gasteiger partial charge in [-0.1, -0.05) is 42.5 Å². The van der Waals surface area contributed by atoms with Crippen LogP contribution in [0.25, 0.3) is 22.0 Å². The van der Waals surface area contributed by atoms with Crippen molar-refractivity contribution in [1.29, 1.82) is 0 Å². The molecule has 0 bridgehead atoms. The van der Waals surface area contributed by atoms with Crippen molar-refractivity contribution < 1.29 is 9.90 Å². The highest BCUT2D eigenvalue weighted by Gasteiger charge is 2.18. The van der Waals surface area contributed by atoms with E-state index in [0.717, 1.165) is 0 Å². The molecule has 0 atom stereocenters. The predicted molar refractivity (Wildman–Crippen MR) is 77.0 cm³/mol. The molecule has 20 heavy (non-hydrogen) atoms. The summed E-state index contributed by atoms with van der Waals surface area (Å²) in [6.45, 7) is 0. The summed E-state index contributed by atoms with van der Waals surface area (Å²) >= 11 is 0. The minimum Gasteiger partial charge on any atom is -0.477 e. The van der Waals surface area contributed by atoms with Crippen LogP contribution in [0.4, 0.5) is 0 Å². The van der Waals surface area contributed by atoms with Crippen molar-refractivity contribution in [3.63, 3.8) is 0 Å². The minimum atomic E-state index is -1.15. The van der Waals surface area contributed by atoms with Crippen LogP contribution in [0.2, 0.25) is 0 Å². The molecule has 0 aliphatic heterocycles. The number of para-hydroxylation sites is 1. The summed E-state index contributed by atoms with van der Waals surface area (Å²) in [6.07, 6.45) is 0. The molecule has 0 saturated heterocycles. The molecule has 3 aromatic rings. The van der Waals surface area contributed by atoms with Gasteiger partial charge in [0.05, 0.1) is 5.56 Å². The molecular formula is C16H11NO3. The van der Waals surface area contributed by atoms with Crippen LogP contribution in [0.3, 0.4) is 0 Å². The van der Waals surface area contributed by atoms with Gasteiger partial charge in [0.15, 0.2) is 5.43 Å². The molecule has 4 nitrogen and oxygen atoms in total. The summed E-state index contributed by atoms with van der Waals surface area (Å²) in [4.78, 5) is 26.8. The van der Waals surface area contributed by atoms with Gasteiger partial charge in [-0.15, -0.1) is 0 Å². The Balaban J connectivity index is 2.46. The number of aromatic amines is 1. The number of fused-ring (bicyclic) bond motifs is 1. The average molecular weight is 265 g/mol. The summed E-state index contributed by atoms with van der Waals surface area (Å²) in [6, 6.07) is 15.7.